The van der Waals surface area contributed by atoms with Crippen LogP contribution in [0.15, 0.2) is 45.8 Å². The number of nitrogens with two attached hydrogens (primary N) is 1. The largest absolute Gasteiger partial charge is 0.497 e. The molecule has 1 atom stereocenters. The lowest BCUT2D eigenvalue weighted by atomic mass is 10.2. The second-order valence-corrected chi connectivity index (χ2v) is 6.29. The van der Waals surface area contributed by atoms with Crippen LogP contribution in [0.2, 0.25) is 0 Å². The van der Waals surface area contributed by atoms with Crippen LogP contribution in [0.3, 0.4) is 0 Å². The Kier molecular flexibility index (Phi) is 5.60. The van der Waals surface area contributed by atoms with Crippen LogP contribution < -0.4 is 15.8 Å². The highest BCUT2D eigenvalue weighted by atomic mass is 16.5. The fourth-order valence-corrected chi connectivity index (χ4v) is 3.12. The molecule has 6 heteroatoms. The van der Waals surface area contributed by atoms with Gasteiger partial charge in [-0.25, -0.2) is 0 Å². The Morgan fingerprint density at radius 1 is 1.24 bits per heavy atom. The molecule has 1 aliphatic rings. The predicted octanol–water partition coefficient (Wildman–Crippen LogP) is 3.16. The van der Waals surface area contributed by atoms with Crippen molar-refractivity contribution < 1.29 is 9.15 Å². The summed E-state index contributed by atoms with van der Waals surface area (Å²) in [6.07, 6.45) is 2.44. The van der Waals surface area contributed by atoms with Crippen LogP contribution in [0.5, 0.6) is 5.75 Å². The van der Waals surface area contributed by atoms with Crippen LogP contribution in [0.4, 0.5) is 5.69 Å². The van der Waals surface area contributed by atoms with Crippen molar-refractivity contribution in [2.24, 2.45) is 10.7 Å². The first-order valence-corrected chi connectivity index (χ1v) is 8.67. The van der Waals surface area contributed by atoms with Crippen molar-refractivity contribution in [1.82, 2.24) is 4.90 Å². The van der Waals surface area contributed by atoms with E-state index < -0.39 is 0 Å². The fourth-order valence-electron chi connectivity index (χ4n) is 3.12. The van der Waals surface area contributed by atoms with Gasteiger partial charge in [0.1, 0.15) is 17.3 Å². The number of aryl methyl sites for hydroxylation is 1. The van der Waals surface area contributed by atoms with Crippen molar-refractivity contribution in [1.29, 1.82) is 0 Å². The lowest BCUT2D eigenvalue weighted by molar-refractivity contribution is 0.219. The van der Waals surface area contributed by atoms with E-state index in [2.05, 4.69) is 15.2 Å². The Morgan fingerprint density at radius 3 is 2.56 bits per heavy atom. The average Bonchev–Trinajstić information content (AvgIpc) is 3.28. The summed E-state index contributed by atoms with van der Waals surface area (Å²) in [6.45, 7) is 4.69. The van der Waals surface area contributed by atoms with Crippen molar-refractivity contribution in [3.63, 3.8) is 0 Å². The maximum Gasteiger partial charge on any atom is 0.193 e. The number of ether oxygens (including phenoxy) is 1. The quantitative estimate of drug-likeness (QED) is 0.623. The van der Waals surface area contributed by atoms with E-state index in [4.69, 9.17) is 14.9 Å². The second-order valence-electron chi connectivity index (χ2n) is 6.29. The normalized spacial score (nSPS) is 16.8. The zero-order valence-corrected chi connectivity index (χ0v) is 14.9. The molecule has 6 nitrogen and oxygen atoms in total. The molecule has 0 bridgehead atoms. The number of nitrogens with zero attached hydrogens (tertiary/aromatic N) is 2. The van der Waals surface area contributed by atoms with Crippen LogP contribution in [-0.2, 0) is 0 Å². The monoisotopic (exact) mass is 342 g/mol. The Labute approximate surface area is 148 Å². The van der Waals surface area contributed by atoms with E-state index in [1.807, 2.05) is 43.3 Å². The molecule has 25 heavy (non-hydrogen) atoms. The second kappa shape index (κ2) is 8.07. The molecule has 3 rings (SSSR count). The van der Waals surface area contributed by atoms with E-state index in [9.17, 15) is 0 Å². The lowest BCUT2D eigenvalue weighted by Crippen LogP contribution is -2.30. The zero-order valence-electron chi connectivity index (χ0n) is 14.9. The third-order valence-corrected chi connectivity index (χ3v) is 4.47. The molecule has 3 N–H and O–H groups in total. The highest BCUT2D eigenvalue weighted by Crippen LogP contribution is 2.27. The number of guanidine groups is 1. The van der Waals surface area contributed by atoms with Gasteiger partial charge in [-0.2, -0.15) is 0 Å². The van der Waals surface area contributed by atoms with Crippen molar-refractivity contribution in [3.05, 3.63) is 47.9 Å². The molecule has 1 aromatic heterocycles. The summed E-state index contributed by atoms with van der Waals surface area (Å²) in [4.78, 5) is 6.96. The van der Waals surface area contributed by atoms with Crippen molar-refractivity contribution >= 4 is 11.6 Å². The minimum absolute atomic E-state index is 0.132. The molecule has 1 aromatic carbocycles. The van der Waals surface area contributed by atoms with Gasteiger partial charge in [-0.1, -0.05) is 0 Å². The first-order chi connectivity index (χ1) is 12.2. The molecule has 0 aliphatic carbocycles. The average molecular weight is 342 g/mol. The van der Waals surface area contributed by atoms with Gasteiger partial charge in [0.15, 0.2) is 5.96 Å². The minimum Gasteiger partial charge on any atom is -0.497 e. The smallest absolute Gasteiger partial charge is 0.193 e. The molecule has 1 fully saturated rings. The molecule has 1 aliphatic heterocycles. The molecule has 1 saturated heterocycles. The van der Waals surface area contributed by atoms with E-state index in [-0.39, 0.29) is 6.04 Å². The number of aliphatic imine (C=N–C) groups is 1. The van der Waals surface area contributed by atoms with Crippen LogP contribution in [0, 0.1) is 6.92 Å². The van der Waals surface area contributed by atoms with Gasteiger partial charge in [0.25, 0.3) is 0 Å². The standard InChI is InChI=1S/C19H26N4O2/c1-14-5-10-18(25-14)17(23-11-3-4-12-23)13-21-19(20)22-15-6-8-16(24-2)9-7-15/h5-10,17H,3-4,11-13H2,1-2H3,(H3,20,21,22). The molecule has 0 radical (unpaired) electrons. The van der Waals surface area contributed by atoms with E-state index >= 15 is 0 Å². The van der Waals surface area contributed by atoms with Gasteiger partial charge in [0.2, 0.25) is 0 Å². The molecular formula is C19H26N4O2. The summed E-state index contributed by atoms with van der Waals surface area (Å²) < 4.78 is 11.0. The first-order valence-electron chi connectivity index (χ1n) is 8.67. The van der Waals surface area contributed by atoms with E-state index in [1.54, 1.807) is 7.11 Å². The summed E-state index contributed by atoms with van der Waals surface area (Å²) in [5.74, 6) is 3.09. The van der Waals surface area contributed by atoms with Gasteiger partial charge in [-0.15, -0.1) is 0 Å². The van der Waals surface area contributed by atoms with Crippen LogP contribution in [0.1, 0.15) is 30.4 Å². The number of hydrogen-bond acceptors (Lipinski definition) is 4. The summed E-state index contributed by atoms with van der Waals surface area (Å²) in [7, 11) is 1.65. The van der Waals surface area contributed by atoms with Crippen LogP contribution >= 0.6 is 0 Å². The van der Waals surface area contributed by atoms with E-state index in [1.165, 1.54) is 12.8 Å². The van der Waals surface area contributed by atoms with E-state index in [0.29, 0.717) is 12.5 Å². The van der Waals surface area contributed by atoms with Gasteiger partial charge >= 0.3 is 0 Å². The SMILES string of the molecule is COc1ccc(NC(N)=NCC(c2ccc(C)o2)N2CCCC2)cc1. The summed E-state index contributed by atoms with van der Waals surface area (Å²) in [6, 6.07) is 11.8. The number of anilines is 1. The van der Waals surface area contributed by atoms with Crippen LogP contribution in [-0.4, -0.2) is 37.6 Å². The third kappa shape index (κ3) is 4.54. The molecule has 1 unspecified atom stereocenters. The molecule has 2 heterocycles. The number of hydrogen-bond donors (Lipinski definition) is 2. The summed E-state index contributed by atoms with van der Waals surface area (Å²) in [5, 5.41) is 3.12. The Bertz CT molecular complexity index is 702. The first kappa shape index (κ1) is 17.4. The number of nitrogens with one attached hydrogen (secondary N) is 1. The Morgan fingerprint density at radius 2 is 1.96 bits per heavy atom. The molecule has 0 saturated carbocycles. The maximum atomic E-state index is 6.07. The Balaban J connectivity index is 1.66. The molecule has 134 valence electrons. The van der Waals surface area contributed by atoms with Crippen molar-refractivity contribution in [3.8, 4) is 5.75 Å². The number of rotatable bonds is 6. The van der Waals surface area contributed by atoms with Crippen LogP contribution in [0.25, 0.3) is 0 Å². The topological polar surface area (TPSA) is 76.0 Å². The Hall–Kier alpha value is -2.47. The predicted molar refractivity (Wildman–Crippen MR) is 100 cm³/mol. The maximum absolute atomic E-state index is 6.07. The summed E-state index contributed by atoms with van der Waals surface area (Å²) in [5.41, 5.74) is 6.95. The molecule has 2 aromatic rings. The number of likely N-dealkylation sites (tertiary alicyclic amines) is 1. The zero-order chi connectivity index (χ0) is 17.6. The van der Waals surface area contributed by atoms with Crippen molar-refractivity contribution in [2.45, 2.75) is 25.8 Å². The van der Waals surface area contributed by atoms with Crippen molar-refractivity contribution in [2.75, 3.05) is 32.1 Å². The van der Waals surface area contributed by atoms with Gasteiger partial charge in [-0.3, -0.25) is 9.89 Å². The molecular weight excluding hydrogens is 316 g/mol. The van der Waals surface area contributed by atoms with E-state index in [0.717, 1.165) is 36.0 Å². The van der Waals surface area contributed by atoms with Gasteiger partial charge in [0.05, 0.1) is 19.7 Å². The molecule has 0 spiro atoms. The molecule has 0 amide bonds. The van der Waals surface area contributed by atoms with Gasteiger partial charge < -0.3 is 20.2 Å². The number of furan rings is 1. The number of benzene rings is 1. The highest BCUT2D eigenvalue weighted by Gasteiger charge is 2.25. The van der Waals surface area contributed by atoms with Gasteiger partial charge in [-0.05, 0) is 69.3 Å². The summed E-state index contributed by atoms with van der Waals surface area (Å²) >= 11 is 0. The number of methoxy groups -OCH3 is 1. The fraction of sp³-hybridized carbons (Fsp3) is 0.421. The van der Waals surface area contributed by atoms with Gasteiger partial charge in [0, 0.05) is 5.69 Å². The lowest BCUT2D eigenvalue weighted by Gasteiger charge is -2.24. The third-order valence-electron chi connectivity index (χ3n) is 4.47. The minimum atomic E-state index is 0.132. The highest BCUT2D eigenvalue weighted by molar-refractivity contribution is 5.92.